The molecule has 0 aliphatic carbocycles. The normalized spacial score (nSPS) is 10.8. The molecular formula is C19H21N3O5. The molecule has 0 bridgehead atoms. The number of aromatic nitrogens is 1. The van der Waals surface area contributed by atoms with Crippen LogP contribution in [-0.4, -0.2) is 43.8 Å². The maximum Gasteiger partial charge on any atom is 0.271 e. The lowest BCUT2D eigenvalue weighted by Crippen LogP contribution is -2.26. The van der Waals surface area contributed by atoms with Crippen molar-refractivity contribution in [1.29, 1.82) is 5.26 Å². The third-order valence-corrected chi connectivity index (χ3v) is 4.04. The van der Waals surface area contributed by atoms with Crippen LogP contribution in [0, 0.1) is 18.3 Å². The number of aliphatic imine (C=N–C) groups is 1. The Morgan fingerprint density at radius 3 is 2.37 bits per heavy atom. The second-order valence-electron chi connectivity index (χ2n) is 5.63. The summed E-state index contributed by atoms with van der Waals surface area (Å²) < 4.78 is 16.5. The third-order valence-electron chi connectivity index (χ3n) is 4.04. The highest BCUT2D eigenvalue weighted by atomic mass is 16.5. The second kappa shape index (κ2) is 8.87. The lowest BCUT2D eigenvalue weighted by Gasteiger charge is -2.13. The number of hydrogen-bond donors (Lipinski definition) is 1. The smallest absolute Gasteiger partial charge is 0.271 e. The van der Waals surface area contributed by atoms with E-state index in [9.17, 15) is 15.2 Å². The van der Waals surface area contributed by atoms with Gasteiger partial charge in [-0.15, -0.1) is 0 Å². The van der Waals surface area contributed by atoms with E-state index >= 15 is 0 Å². The van der Waals surface area contributed by atoms with Crippen LogP contribution >= 0.6 is 0 Å². The van der Waals surface area contributed by atoms with Crippen molar-refractivity contribution in [1.82, 2.24) is 4.57 Å². The van der Waals surface area contributed by atoms with E-state index in [-0.39, 0.29) is 30.2 Å². The van der Waals surface area contributed by atoms with E-state index in [1.165, 1.54) is 27.5 Å². The van der Waals surface area contributed by atoms with Crippen molar-refractivity contribution in [3.8, 4) is 23.4 Å². The number of ether oxygens (including phenoxy) is 3. The Morgan fingerprint density at radius 1 is 1.22 bits per heavy atom. The van der Waals surface area contributed by atoms with Crippen LogP contribution in [0.3, 0.4) is 0 Å². The first kappa shape index (κ1) is 20.0. The van der Waals surface area contributed by atoms with E-state index < -0.39 is 5.56 Å². The predicted octanol–water partition coefficient (Wildman–Crippen LogP) is 2.15. The Morgan fingerprint density at radius 2 is 1.85 bits per heavy atom. The molecule has 142 valence electrons. The molecule has 8 heteroatoms. The lowest BCUT2D eigenvalue weighted by atomic mass is 10.1. The molecule has 1 aromatic carbocycles. The van der Waals surface area contributed by atoms with Gasteiger partial charge in [0.2, 0.25) is 5.88 Å². The van der Waals surface area contributed by atoms with Crippen molar-refractivity contribution >= 4 is 11.9 Å². The fourth-order valence-electron chi connectivity index (χ4n) is 2.52. The first-order chi connectivity index (χ1) is 13.0. The molecule has 0 aliphatic rings. The SMILES string of the molecule is COCCn1c(O)c(C=Nc2cc(OC)cc(OC)c2)c(C)c(C#N)c1=O. The number of rotatable bonds is 7. The summed E-state index contributed by atoms with van der Waals surface area (Å²) in [5.41, 5.74) is 0.549. The van der Waals surface area contributed by atoms with Gasteiger partial charge in [0.1, 0.15) is 23.1 Å². The highest BCUT2D eigenvalue weighted by molar-refractivity contribution is 5.87. The van der Waals surface area contributed by atoms with Gasteiger partial charge in [-0.05, 0) is 12.5 Å². The summed E-state index contributed by atoms with van der Waals surface area (Å²) >= 11 is 0. The number of benzene rings is 1. The van der Waals surface area contributed by atoms with Crippen LogP contribution in [0.1, 0.15) is 16.7 Å². The summed E-state index contributed by atoms with van der Waals surface area (Å²) in [5, 5.41) is 19.9. The molecule has 27 heavy (non-hydrogen) atoms. The van der Waals surface area contributed by atoms with Crippen molar-refractivity contribution in [3.05, 3.63) is 45.2 Å². The molecule has 0 amide bonds. The van der Waals surface area contributed by atoms with Gasteiger partial charge in [0.25, 0.3) is 5.56 Å². The topological polar surface area (TPSA) is 106 Å². The molecule has 0 saturated heterocycles. The standard InChI is InChI=1S/C19H21N3O5/c1-12-16(10-20)18(23)22(5-6-25-2)19(24)17(12)11-21-13-7-14(26-3)9-15(8-13)27-4/h7-9,11,24H,5-6H2,1-4H3. The molecule has 0 atom stereocenters. The zero-order valence-corrected chi connectivity index (χ0v) is 15.6. The number of hydrogen-bond acceptors (Lipinski definition) is 7. The summed E-state index contributed by atoms with van der Waals surface area (Å²) in [7, 11) is 4.55. The van der Waals surface area contributed by atoms with Gasteiger partial charge in [-0.25, -0.2) is 0 Å². The second-order valence-corrected chi connectivity index (χ2v) is 5.63. The maximum atomic E-state index is 12.4. The first-order valence-electron chi connectivity index (χ1n) is 8.09. The molecule has 8 nitrogen and oxygen atoms in total. The van der Waals surface area contributed by atoms with Crippen LogP contribution in [-0.2, 0) is 11.3 Å². The number of pyridine rings is 1. The van der Waals surface area contributed by atoms with E-state index in [4.69, 9.17) is 14.2 Å². The average molecular weight is 371 g/mol. The van der Waals surface area contributed by atoms with Crippen molar-refractivity contribution in [2.24, 2.45) is 4.99 Å². The highest BCUT2D eigenvalue weighted by Crippen LogP contribution is 2.28. The summed E-state index contributed by atoms with van der Waals surface area (Å²) in [4.78, 5) is 16.7. The van der Waals surface area contributed by atoms with Crippen LogP contribution in [0.5, 0.6) is 17.4 Å². The lowest BCUT2D eigenvalue weighted by molar-refractivity contribution is 0.182. The Hall–Kier alpha value is -3.31. The van der Waals surface area contributed by atoms with Crippen LogP contribution in [0.25, 0.3) is 0 Å². The molecule has 0 aliphatic heterocycles. The largest absolute Gasteiger partial charge is 0.497 e. The van der Waals surface area contributed by atoms with Crippen molar-refractivity contribution < 1.29 is 19.3 Å². The Labute approximate surface area is 156 Å². The van der Waals surface area contributed by atoms with Gasteiger partial charge < -0.3 is 19.3 Å². The molecule has 0 radical (unpaired) electrons. The van der Waals surface area contributed by atoms with Crippen LogP contribution in [0.2, 0.25) is 0 Å². The van der Waals surface area contributed by atoms with Crippen molar-refractivity contribution in [2.45, 2.75) is 13.5 Å². The summed E-state index contributed by atoms with van der Waals surface area (Å²) in [6.07, 6.45) is 1.41. The molecule has 0 fully saturated rings. The van der Waals surface area contributed by atoms with Crippen molar-refractivity contribution in [3.63, 3.8) is 0 Å². The van der Waals surface area contributed by atoms with Gasteiger partial charge >= 0.3 is 0 Å². The van der Waals surface area contributed by atoms with Gasteiger partial charge in [0.15, 0.2) is 0 Å². The fourth-order valence-corrected chi connectivity index (χ4v) is 2.52. The predicted molar refractivity (Wildman–Crippen MR) is 100 cm³/mol. The van der Waals surface area contributed by atoms with E-state index in [1.807, 2.05) is 6.07 Å². The van der Waals surface area contributed by atoms with Crippen LogP contribution in [0.4, 0.5) is 5.69 Å². The number of nitrogens with zero attached hydrogens (tertiary/aromatic N) is 3. The van der Waals surface area contributed by atoms with Crippen molar-refractivity contribution in [2.75, 3.05) is 27.9 Å². The molecule has 2 rings (SSSR count). The molecule has 1 N–H and O–H groups in total. The van der Waals surface area contributed by atoms with E-state index in [0.29, 0.717) is 22.7 Å². The van der Waals surface area contributed by atoms with Gasteiger partial charge in [-0.1, -0.05) is 0 Å². The van der Waals surface area contributed by atoms with Gasteiger partial charge in [-0.2, -0.15) is 5.26 Å². The quantitative estimate of drug-likeness (QED) is 0.748. The molecule has 2 aromatic rings. The van der Waals surface area contributed by atoms with Gasteiger partial charge in [0, 0.05) is 31.5 Å². The minimum absolute atomic E-state index is 0.0476. The molecule has 0 spiro atoms. The summed E-state index contributed by atoms with van der Waals surface area (Å²) in [5.74, 6) is 0.850. The highest BCUT2D eigenvalue weighted by Gasteiger charge is 2.17. The van der Waals surface area contributed by atoms with Gasteiger partial charge in [0.05, 0.1) is 38.6 Å². The monoisotopic (exact) mass is 371 g/mol. The minimum Gasteiger partial charge on any atom is -0.497 e. The molecule has 0 unspecified atom stereocenters. The fraction of sp³-hybridized carbons (Fsp3) is 0.316. The zero-order valence-electron chi connectivity index (χ0n) is 15.6. The van der Waals surface area contributed by atoms with Crippen LogP contribution < -0.4 is 15.0 Å². The third kappa shape index (κ3) is 4.27. The van der Waals surface area contributed by atoms with Gasteiger partial charge in [-0.3, -0.25) is 14.4 Å². The summed E-state index contributed by atoms with van der Waals surface area (Å²) in [6, 6.07) is 6.99. The molecule has 1 heterocycles. The van der Waals surface area contributed by atoms with Crippen LogP contribution in [0.15, 0.2) is 28.0 Å². The van der Waals surface area contributed by atoms with E-state index in [2.05, 4.69) is 4.99 Å². The molecule has 0 saturated carbocycles. The maximum absolute atomic E-state index is 12.4. The Bertz CT molecular complexity index is 935. The molecular weight excluding hydrogens is 350 g/mol. The summed E-state index contributed by atoms with van der Waals surface area (Å²) in [6.45, 7) is 1.92. The molecule has 1 aromatic heterocycles. The average Bonchev–Trinajstić information content (AvgIpc) is 2.67. The first-order valence-corrected chi connectivity index (χ1v) is 8.09. The number of methoxy groups -OCH3 is 3. The Kier molecular flexibility index (Phi) is 6.57. The zero-order chi connectivity index (χ0) is 20.0. The number of nitriles is 1. The number of aromatic hydroxyl groups is 1. The van der Waals surface area contributed by atoms with E-state index in [1.54, 1.807) is 25.1 Å². The Balaban J connectivity index is 2.57. The minimum atomic E-state index is -0.565. The van der Waals surface area contributed by atoms with E-state index in [0.717, 1.165) is 4.57 Å².